The third-order valence-corrected chi connectivity index (χ3v) is 6.77. The normalized spacial score (nSPS) is 19.3. The van der Waals surface area contributed by atoms with Crippen LogP contribution in [0.5, 0.6) is 0 Å². The van der Waals surface area contributed by atoms with Gasteiger partial charge >= 0.3 is 0 Å². The lowest BCUT2D eigenvalue weighted by Crippen LogP contribution is -2.64. The number of carbonyl (C=O) groups excluding carboxylic acids is 1. The van der Waals surface area contributed by atoms with Crippen molar-refractivity contribution in [2.45, 2.75) is 11.5 Å². The number of hydrogen-bond acceptors (Lipinski definition) is 6. The molecule has 0 saturated carbocycles. The highest BCUT2D eigenvalue weighted by Crippen LogP contribution is 2.39. The number of anilines is 1. The van der Waals surface area contributed by atoms with Gasteiger partial charge in [0, 0.05) is 37.6 Å². The topological polar surface area (TPSA) is 87.4 Å². The van der Waals surface area contributed by atoms with Crippen molar-refractivity contribution in [2.24, 2.45) is 5.73 Å². The van der Waals surface area contributed by atoms with Crippen LogP contribution in [0.1, 0.15) is 5.69 Å². The third-order valence-electron chi connectivity index (χ3n) is 5.47. The summed E-state index contributed by atoms with van der Waals surface area (Å²) in [6.07, 6.45) is 0. The number of benzene rings is 1. The average Bonchev–Trinajstić information content (AvgIpc) is 2.50. The Bertz CT molecular complexity index is 945. The molecule has 4 rings (SSSR count). The average molecular weight is 458 g/mol. The van der Waals surface area contributed by atoms with Crippen molar-refractivity contribution in [1.82, 2.24) is 20.2 Å². The van der Waals surface area contributed by atoms with Crippen LogP contribution in [0.3, 0.4) is 0 Å². The molecule has 0 spiro atoms. The number of primary amides is 1. The number of fused-ring (bicyclic) bond motifs is 1. The van der Waals surface area contributed by atoms with Gasteiger partial charge in [-0.2, -0.15) is 0 Å². The Morgan fingerprint density at radius 3 is 2.63 bits per heavy atom. The first-order valence-corrected chi connectivity index (χ1v) is 9.69. The molecule has 1 aromatic heterocycles. The number of nitrogens with zero attached hydrogens (tertiary/aromatic N) is 4. The minimum absolute atomic E-state index is 0.132. The molecule has 10 heteroatoms. The molecular weight excluding hydrogens is 439 g/mol. The van der Waals surface area contributed by atoms with Crippen molar-refractivity contribution in [2.75, 3.05) is 45.2 Å². The second-order valence-corrected chi connectivity index (χ2v) is 8.53. The van der Waals surface area contributed by atoms with Crippen LogP contribution >= 0.6 is 27.5 Å². The van der Waals surface area contributed by atoms with E-state index in [-0.39, 0.29) is 15.0 Å². The van der Waals surface area contributed by atoms with Crippen molar-refractivity contribution in [1.29, 1.82) is 0 Å². The maximum atomic E-state index is 14.9. The summed E-state index contributed by atoms with van der Waals surface area (Å²) in [5, 5.41) is 3.68. The summed E-state index contributed by atoms with van der Waals surface area (Å²) in [6.45, 7) is 2.17. The zero-order valence-corrected chi connectivity index (χ0v) is 17.2. The van der Waals surface area contributed by atoms with Gasteiger partial charge in [0.15, 0.2) is 5.82 Å². The summed E-state index contributed by atoms with van der Waals surface area (Å²) in [6, 6.07) is 1.97. The van der Waals surface area contributed by atoms with Gasteiger partial charge in [0.2, 0.25) is 11.9 Å². The first kappa shape index (κ1) is 18.8. The molecule has 7 nitrogen and oxygen atoms in total. The van der Waals surface area contributed by atoms with E-state index in [2.05, 4.69) is 36.1 Å². The molecule has 2 saturated heterocycles. The summed E-state index contributed by atoms with van der Waals surface area (Å²) in [5.41, 5.74) is 5.26. The minimum atomic E-state index is -0.995. The number of halogens is 3. The van der Waals surface area contributed by atoms with Crippen LogP contribution < -0.4 is 16.0 Å². The highest BCUT2D eigenvalue weighted by Gasteiger charge is 2.48. The first-order valence-electron chi connectivity index (χ1n) is 8.52. The molecule has 0 radical (unpaired) electrons. The second kappa shape index (κ2) is 6.51. The van der Waals surface area contributed by atoms with Gasteiger partial charge in [-0.3, -0.25) is 4.79 Å². The highest BCUT2D eigenvalue weighted by atomic mass is 79.9. The van der Waals surface area contributed by atoms with E-state index in [0.29, 0.717) is 36.2 Å². The molecule has 1 aromatic carbocycles. The maximum Gasteiger partial charge on any atom is 0.232 e. The molecule has 1 amide bonds. The number of nitrogens with two attached hydrogens (primary N) is 1. The molecule has 144 valence electrons. The molecule has 3 N–H and O–H groups in total. The second-order valence-electron chi connectivity index (χ2n) is 7.33. The zero-order valence-electron chi connectivity index (χ0n) is 14.9. The van der Waals surface area contributed by atoms with E-state index in [1.54, 1.807) is 6.07 Å². The quantitative estimate of drug-likeness (QED) is 0.672. The van der Waals surface area contributed by atoms with E-state index in [9.17, 15) is 9.18 Å². The fraction of sp³-hybridized carbons (Fsp3) is 0.471. The summed E-state index contributed by atoms with van der Waals surface area (Å²) >= 11 is 9.33. The lowest BCUT2D eigenvalue weighted by molar-refractivity contribution is -0.125. The lowest BCUT2D eigenvalue weighted by Gasteiger charge is -2.44. The van der Waals surface area contributed by atoms with Crippen LogP contribution in [0.25, 0.3) is 10.9 Å². The summed E-state index contributed by atoms with van der Waals surface area (Å²) in [7, 11) is 4.02. The Morgan fingerprint density at radius 2 is 2.11 bits per heavy atom. The number of carbonyl (C=O) groups is 1. The van der Waals surface area contributed by atoms with Crippen molar-refractivity contribution in [3.05, 3.63) is 27.1 Å². The van der Waals surface area contributed by atoms with Gasteiger partial charge in [0.25, 0.3) is 0 Å². The van der Waals surface area contributed by atoms with E-state index in [1.807, 2.05) is 19.0 Å². The van der Waals surface area contributed by atoms with Crippen molar-refractivity contribution in [3.8, 4) is 0 Å². The molecule has 0 atom stereocenters. The van der Waals surface area contributed by atoms with Crippen molar-refractivity contribution in [3.63, 3.8) is 0 Å². The molecule has 2 aliphatic rings. The van der Waals surface area contributed by atoms with Crippen LogP contribution in [0.15, 0.2) is 10.5 Å². The zero-order chi connectivity index (χ0) is 19.5. The van der Waals surface area contributed by atoms with E-state index in [0.717, 1.165) is 13.1 Å². The Morgan fingerprint density at radius 1 is 1.44 bits per heavy atom. The van der Waals surface area contributed by atoms with Gasteiger partial charge in [0.05, 0.1) is 15.2 Å². The number of aromatic nitrogens is 2. The minimum Gasteiger partial charge on any atom is -0.369 e. The maximum absolute atomic E-state index is 14.9. The number of nitrogens with one attached hydrogen (secondary N) is 1. The van der Waals surface area contributed by atoms with Gasteiger partial charge < -0.3 is 20.9 Å². The number of amides is 1. The lowest BCUT2D eigenvalue weighted by atomic mass is 9.76. The number of hydrogen-bond donors (Lipinski definition) is 2. The van der Waals surface area contributed by atoms with Crippen LogP contribution in [-0.2, 0) is 10.2 Å². The monoisotopic (exact) mass is 456 g/mol. The molecule has 0 bridgehead atoms. The standard InChI is InChI=1S/C17H19BrClFN6O/c1-25(2)8-4-26(5-8)16-23-13-9(3-10(19)11(18)12(13)20)14(24-16)17(15(21)27)6-22-7-17/h3,8,22H,4-7H2,1-2H3,(H2,21,27). The van der Waals surface area contributed by atoms with Gasteiger partial charge in [-0.25, -0.2) is 14.4 Å². The molecule has 0 aliphatic carbocycles. The van der Waals surface area contributed by atoms with E-state index >= 15 is 0 Å². The molecule has 27 heavy (non-hydrogen) atoms. The highest BCUT2D eigenvalue weighted by molar-refractivity contribution is 9.10. The predicted molar refractivity (Wildman–Crippen MR) is 106 cm³/mol. The number of likely N-dealkylation sites (N-methyl/N-ethyl adjacent to an activating group) is 1. The Kier molecular flexibility index (Phi) is 4.53. The van der Waals surface area contributed by atoms with Crippen LogP contribution in [0.4, 0.5) is 10.3 Å². The largest absolute Gasteiger partial charge is 0.369 e. The predicted octanol–water partition coefficient (Wildman–Crippen LogP) is 1.26. The van der Waals surface area contributed by atoms with E-state index < -0.39 is 17.1 Å². The molecule has 2 aliphatic heterocycles. The molecule has 0 unspecified atom stereocenters. The fourth-order valence-electron chi connectivity index (χ4n) is 3.45. The first-order chi connectivity index (χ1) is 12.7. The molecular formula is C17H19BrClFN6O. The van der Waals surface area contributed by atoms with E-state index in [1.165, 1.54) is 0 Å². The third kappa shape index (κ3) is 2.79. The summed E-state index contributed by atoms with van der Waals surface area (Å²) < 4.78 is 15.1. The van der Waals surface area contributed by atoms with Gasteiger partial charge in [-0.1, -0.05) is 11.6 Å². The van der Waals surface area contributed by atoms with Crippen LogP contribution in [0, 0.1) is 5.82 Å². The van der Waals surface area contributed by atoms with Crippen molar-refractivity contribution >= 4 is 50.3 Å². The van der Waals surface area contributed by atoms with Crippen LogP contribution in [0.2, 0.25) is 5.02 Å². The molecule has 3 heterocycles. The SMILES string of the molecule is CN(C)C1CN(c2nc(C3(C(N)=O)CNC3)c3cc(Cl)c(Br)c(F)c3n2)C1. The van der Waals surface area contributed by atoms with Gasteiger partial charge in [0.1, 0.15) is 10.9 Å². The number of rotatable bonds is 4. The Labute approximate surface area is 169 Å². The summed E-state index contributed by atoms with van der Waals surface area (Å²) in [4.78, 5) is 25.4. The smallest absolute Gasteiger partial charge is 0.232 e. The van der Waals surface area contributed by atoms with E-state index in [4.69, 9.17) is 17.3 Å². The Hall–Kier alpha value is -1.55. The van der Waals surface area contributed by atoms with Gasteiger partial charge in [-0.15, -0.1) is 0 Å². The Balaban J connectivity index is 1.91. The summed E-state index contributed by atoms with van der Waals surface area (Å²) in [5.74, 6) is -0.670. The fourth-order valence-corrected chi connectivity index (χ4v) is 3.94. The molecule has 2 fully saturated rings. The van der Waals surface area contributed by atoms with Gasteiger partial charge in [-0.05, 0) is 36.1 Å². The van der Waals surface area contributed by atoms with Crippen molar-refractivity contribution < 1.29 is 9.18 Å². The van der Waals surface area contributed by atoms with Crippen LogP contribution in [-0.4, -0.2) is 67.1 Å². The molecule has 2 aromatic rings.